The Kier molecular flexibility index (Phi) is 3.89. The summed E-state index contributed by atoms with van der Waals surface area (Å²) in [5, 5.41) is 12.6. The van der Waals surface area contributed by atoms with E-state index >= 15 is 0 Å². The van der Waals surface area contributed by atoms with E-state index in [2.05, 4.69) is 21.2 Å². The summed E-state index contributed by atoms with van der Waals surface area (Å²) in [6, 6.07) is 11.6. The van der Waals surface area contributed by atoms with Gasteiger partial charge in [0.15, 0.2) is 0 Å². The number of hydrogen-bond donors (Lipinski definition) is 2. The summed E-state index contributed by atoms with van der Waals surface area (Å²) < 4.78 is 0.568. The number of phenolic OH excluding ortho intramolecular Hbond substituents is 1. The Morgan fingerprint density at radius 2 is 1.94 bits per heavy atom. The number of benzene rings is 2. The second kappa shape index (κ2) is 5.42. The van der Waals surface area contributed by atoms with Crippen LogP contribution in [0, 0.1) is 0 Å². The summed E-state index contributed by atoms with van der Waals surface area (Å²) in [4.78, 5) is 11.9. The summed E-state index contributed by atoms with van der Waals surface area (Å²) in [5.41, 5.74) is 0.891. The number of halogens is 2. The van der Waals surface area contributed by atoms with E-state index in [-0.39, 0.29) is 11.7 Å². The summed E-state index contributed by atoms with van der Waals surface area (Å²) in [6.07, 6.45) is 0. The highest BCUT2D eigenvalue weighted by Gasteiger charge is 2.10. The lowest BCUT2D eigenvalue weighted by Gasteiger charge is -2.07. The van der Waals surface area contributed by atoms with Gasteiger partial charge in [-0.3, -0.25) is 4.79 Å². The molecule has 0 aliphatic rings. The largest absolute Gasteiger partial charge is 0.507 e. The maximum Gasteiger partial charge on any atom is 0.257 e. The molecule has 0 aliphatic carbocycles. The van der Waals surface area contributed by atoms with Gasteiger partial charge in [-0.05, 0) is 40.2 Å². The number of carbonyl (C=O) groups is 1. The van der Waals surface area contributed by atoms with E-state index in [1.54, 1.807) is 36.4 Å². The van der Waals surface area contributed by atoms with Crippen LogP contribution in [-0.2, 0) is 0 Å². The lowest BCUT2D eigenvalue weighted by Crippen LogP contribution is -2.12. The first-order valence-corrected chi connectivity index (χ1v) is 6.29. The molecule has 2 aromatic carbocycles. The van der Waals surface area contributed by atoms with E-state index in [0.717, 1.165) is 0 Å². The van der Waals surface area contributed by atoms with Gasteiger partial charge in [-0.25, -0.2) is 0 Å². The zero-order valence-corrected chi connectivity index (χ0v) is 11.5. The van der Waals surface area contributed by atoms with Crippen LogP contribution >= 0.6 is 27.5 Å². The van der Waals surface area contributed by atoms with Gasteiger partial charge in [0.05, 0.1) is 15.1 Å². The molecule has 0 heterocycles. The van der Waals surface area contributed by atoms with Crippen LogP contribution in [0.1, 0.15) is 10.4 Å². The zero-order chi connectivity index (χ0) is 13.1. The van der Waals surface area contributed by atoms with Crippen LogP contribution < -0.4 is 5.32 Å². The monoisotopic (exact) mass is 325 g/mol. The third kappa shape index (κ3) is 2.83. The van der Waals surface area contributed by atoms with Crippen LogP contribution in [0.2, 0.25) is 5.02 Å². The molecule has 2 N–H and O–H groups in total. The fourth-order valence-electron chi connectivity index (χ4n) is 1.43. The van der Waals surface area contributed by atoms with Crippen molar-refractivity contribution in [3.05, 3.63) is 57.5 Å². The molecule has 0 aromatic heterocycles. The molecule has 0 fully saturated rings. The molecule has 0 atom stereocenters. The molecule has 0 radical (unpaired) electrons. The van der Waals surface area contributed by atoms with Crippen molar-refractivity contribution in [1.82, 2.24) is 0 Å². The summed E-state index contributed by atoms with van der Waals surface area (Å²) in [7, 11) is 0. The van der Waals surface area contributed by atoms with Gasteiger partial charge in [-0.1, -0.05) is 23.7 Å². The third-order valence-electron chi connectivity index (χ3n) is 2.32. The molecular weight excluding hydrogens is 318 g/mol. The molecule has 1 amide bonds. The number of aromatic hydroxyl groups is 1. The predicted molar refractivity (Wildman–Crippen MR) is 75.2 cm³/mol. The van der Waals surface area contributed by atoms with Gasteiger partial charge in [0, 0.05) is 11.8 Å². The number of carbonyl (C=O) groups excluding carboxylic acids is 1. The minimum absolute atomic E-state index is 0.0620. The number of rotatable bonds is 2. The van der Waals surface area contributed by atoms with E-state index < -0.39 is 0 Å². The maximum atomic E-state index is 11.9. The van der Waals surface area contributed by atoms with E-state index in [0.29, 0.717) is 20.7 Å². The number of anilines is 1. The highest BCUT2D eigenvalue weighted by molar-refractivity contribution is 9.10. The van der Waals surface area contributed by atoms with Gasteiger partial charge < -0.3 is 10.4 Å². The van der Waals surface area contributed by atoms with Crippen LogP contribution in [-0.4, -0.2) is 11.0 Å². The number of phenols is 1. The van der Waals surface area contributed by atoms with Gasteiger partial charge in [0.1, 0.15) is 5.75 Å². The second-order valence-electron chi connectivity index (χ2n) is 3.60. The highest BCUT2D eigenvalue weighted by atomic mass is 79.9. The van der Waals surface area contributed by atoms with Crippen molar-refractivity contribution in [2.45, 2.75) is 0 Å². The second-order valence-corrected chi connectivity index (χ2v) is 4.86. The van der Waals surface area contributed by atoms with E-state index in [1.165, 1.54) is 6.07 Å². The van der Waals surface area contributed by atoms with E-state index in [9.17, 15) is 9.90 Å². The zero-order valence-electron chi connectivity index (χ0n) is 9.15. The fourth-order valence-corrected chi connectivity index (χ4v) is 1.90. The Bertz CT molecular complexity index is 601. The lowest BCUT2D eigenvalue weighted by molar-refractivity contribution is 0.102. The molecule has 5 heteroatoms. The molecule has 0 aliphatic heterocycles. The predicted octanol–water partition coefficient (Wildman–Crippen LogP) is 4.06. The first-order valence-electron chi connectivity index (χ1n) is 5.12. The van der Waals surface area contributed by atoms with Crippen molar-refractivity contribution in [2.75, 3.05) is 5.32 Å². The minimum atomic E-state index is -0.317. The topological polar surface area (TPSA) is 49.3 Å². The molecule has 18 heavy (non-hydrogen) atoms. The molecule has 2 rings (SSSR count). The lowest BCUT2D eigenvalue weighted by atomic mass is 10.2. The summed E-state index contributed by atoms with van der Waals surface area (Å²) in [5.74, 6) is -0.255. The highest BCUT2D eigenvalue weighted by Crippen LogP contribution is 2.27. The Hall–Kier alpha value is -1.52. The minimum Gasteiger partial charge on any atom is -0.507 e. The maximum absolute atomic E-state index is 11.9. The van der Waals surface area contributed by atoms with Crippen molar-refractivity contribution in [1.29, 1.82) is 0 Å². The summed E-state index contributed by atoms with van der Waals surface area (Å²) in [6.45, 7) is 0. The molecule has 92 valence electrons. The van der Waals surface area contributed by atoms with E-state index in [1.807, 2.05) is 0 Å². The van der Waals surface area contributed by atoms with Crippen molar-refractivity contribution in [3.8, 4) is 5.75 Å². The molecule has 0 saturated carbocycles. The van der Waals surface area contributed by atoms with Gasteiger partial charge in [0.25, 0.3) is 5.91 Å². The molecule has 0 bridgehead atoms. The van der Waals surface area contributed by atoms with Crippen molar-refractivity contribution >= 4 is 39.1 Å². The van der Waals surface area contributed by atoms with Crippen LogP contribution in [0.4, 0.5) is 5.69 Å². The van der Waals surface area contributed by atoms with Crippen molar-refractivity contribution in [2.24, 2.45) is 0 Å². The van der Waals surface area contributed by atoms with Crippen LogP contribution in [0.5, 0.6) is 5.75 Å². The number of amides is 1. The third-order valence-corrected chi connectivity index (χ3v) is 3.32. The average molecular weight is 327 g/mol. The SMILES string of the molecule is O=C(Nc1ccc(Br)c(O)c1)c1ccccc1Cl. The fraction of sp³-hybridized carbons (Fsp3) is 0. The van der Waals surface area contributed by atoms with Gasteiger partial charge >= 0.3 is 0 Å². The van der Waals surface area contributed by atoms with E-state index in [4.69, 9.17) is 11.6 Å². The van der Waals surface area contributed by atoms with Gasteiger partial charge in [-0.15, -0.1) is 0 Å². The molecule has 0 saturated heterocycles. The standard InChI is InChI=1S/C13H9BrClNO2/c14-10-6-5-8(7-12(10)17)16-13(18)9-3-1-2-4-11(9)15/h1-7,17H,(H,16,18). The molecule has 0 spiro atoms. The van der Waals surface area contributed by atoms with Crippen LogP contribution in [0.25, 0.3) is 0 Å². The Labute approximate surface area is 118 Å². The number of nitrogens with one attached hydrogen (secondary N) is 1. The Morgan fingerprint density at radius 3 is 2.61 bits per heavy atom. The smallest absolute Gasteiger partial charge is 0.257 e. The molecule has 3 nitrogen and oxygen atoms in total. The molecular formula is C13H9BrClNO2. The molecule has 2 aromatic rings. The van der Waals surface area contributed by atoms with Gasteiger partial charge in [-0.2, -0.15) is 0 Å². The van der Waals surface area contributed by atoms with Crippen LogP contribution in [0.15, 0.2) is 46.9 Å². The quantitative estimate of drug-likeness (QED) is 0.874. The normalized spacial score (nSPS) is 10.1. The summed E-state index contributed by atoms with van der Waals surface area (Å²) >= 11 is 9.09. The average Bonchev–Trinajstić information content (AvgIpc) is 2.34. The van der Waals surface area contributed by atoms with Gasteiger partial charge in [0.2, 0.25) is 0 Å². The van der Waals surface area contributed by atoms with Crippen molar-refractivity contribution in [3.63, 3.8) is 0 Å². The van der Waals surface area contributed by atoms with Crippen molar-refractivity contribution < 1.29 is 9.90 Å². The Morgan fingerprint density at radius 1 is 1.22 bits per heavy atom. The Balaban J connectivity index is 2.22. The number of hydrogen-bond acceptors (Lipinski definition) is 2. The van der Waals surface area contributed by atoms with Crippen LogP contribution in [0.3, 0.4) is 0 Å². The first-order chi connectivity index (χ1) is 8.58. The molecule has 0 unspecified atom stereocenters. The first kappa shape index (κ1) is 12.9.